The van der Waals surface area contributed by atoms with Crippen molar-refractivity contribution >= 4 is 11.9 Å². The van der Waals surface area contributed by atoms with Crippen LogP contribution >= 0.6 is 0 Å². The average molecular weight is 320 g/mol. The van der Waals surface area contributed by atoms with E-state index in [9.17, 15) is 4.79 Å². The van der Waals surface area contributed by atoms with Crippen LogP contribution in [0.4, 0.5) is 0 Å². The Morgan fingerprint density at radius 1 is 1.39 bits per heavy atom. The lowest BCUT2D eigenvalue weighted by molar-refractivity contribution is 0.0827. The Morgan fingerprint density at radius 3 is 2.74 bits per heavy atom. The van der Waals surface area contributed by atoms with Gasteiger partial charge in [-0.1, -0.05) is 12.1 Å². The lowest BCUT2D eigenvalue weighted by Crippen LogP contribution is -2.44. The Balaban J connectivity index is 2.52. The third kappa shape index (κ3) is 6.69. The van der Waals surface area contributed by atoms with Crippen LogP contribution in [0.3, 0.4) is 0 Å². The van der Waals surface area contributed by atoms with Gasteiger partial charge in [-0.25, -0.2) is 0 Å². The number of carbonyl (C=O) groups excluding carboxylic acids is 1. The molecule has 0 saturated carbocycles. The molecule has 0 bridgehead atoms. The molecule has 0 heterocycles. The predicted molar refractivity (Wildman–Crippen MR) is 94.0 cm³/mol. The quantitative estimate of drug-likeness (QED) is 0.584. The van der Waals surface area contributed by atoms with E-state index in [4.69, 9.17) is 4.74 Å². The number of guanidine groups is 1. The second-order valence-corrected chi connectivity index (χ2v) is 5.65. The molecule has 0 aromatic heterocycles. The van der Waals surface area contributed by atoms with Gasteiger partial charge in [0.15, 0.2) is 5.96 Å². The molecule has 0 fully saturated rings. The summed E-state index contributed by atoms with van der Waals surface area (Å²) in [5.41, 5.74) is 1.83. The molecule has 1 unspecified atom stereocenters. The molecule has 0 aliphatic carbocycles. The van der Waals surface area contributed by atoms with Crippen LogP contribution in [0.1, 0.15) is 22.8 Å². The van der Waals surface area contributed by atoms with Crippen LogP contribution in [0.15, 0.2) is 29.3 Å². The van der Waals surface area contributed by atoms with Crippen molar-refractivity contribution in [2.45, 2.75) is 19.4 Å². The number of aliphatic imine (C=N–C) groups is 1. The number of hydrogen-bond acceptors (Lipinski definition) is 3. The lowest BCUT2D eigenvalue weighted by Gasteiger charge is -2.17. The Morgan fingerprint density at radius 2 is 2.13 bits per heavy atom. The number of amides is 1. The van der Waals surface area contributed by atoms with Crippen molar-refractivity contribution < 1.29 is 9.53 Å². The fourth-order valence-corrected chi connectivity index (χ4v) is 2.16. The number of nitrogens with zero attached hydrogens (tertiary/aromatic N) is 2. The van der Waals surface area contributed by atoms with Crippen molar-refractivity contribution in [3.8, 4) is 0 Å². The van der Waals surface area contributed by atoms with E-state index in [1.807, 2.05) is 31.2 Å². The molecule has 0 saturated heterocycles. The first-order valence-corrected chi connectivity index (χ1v) is 7.74. The fraction of sp³-hybridized carbons (Fsp3) is 0.529. The Bertz CT molecular complexity index is 529. The summed E-state index contributed by atoms with van der Waals surface area (Å²) in [5, 5.41) is 6.52. The molecular weight excluding hydrogens is 292 g/mol. The Hall–Kier alpha value is -2.08. The van der Waals surface area contributed by atoms with E-state index in [1.54, 1.807) is 33.2 Å². The minimum Gasteiger partial charge on any atom is -0.383 e. The Labute approximate surface area is 138 Å². The average Bonchev–Trinajstić information content (AvgIpc) is 2.53. The molecule has 1 atom stereocenters. The monoisotopic (exact) mass is 320 g/mol. The number of rotatable bonds is 7. The van der Waals surface area contributed by atoms with Crippen molar-refractivity contribution in [2.24, 2.45) is 4.99 Å². The van der Waals surface area contributed by atoms with Crippen LogP contribution in [0.5, 0.6) is 0 Å². The van der Waals surface area contributed by atoms with Gasteiger partial charge in [-0.05, 0) is 31.0 Å². The minimum absolute atomic E-state index is 0.0191. The topological polar surface area (TPSA) is 66.0 Å². The second-order valence-electron chi connectivity index (χ2n) is 5.65. The highest BCUT2D eigenvalue weighted by Crippen LogP contribution is 2.07. The van der Waals surface area contributed by atoms with Crippen molar-refractivity contribution in [3.63, 3.8) is 0 Å². The van der Waals surface area contributed by atoms with Crippen molar-refractivity contribution in [3.05, 3.63) is 35.4 Å². The summed E-state index contributed by atoms with van der Waals surface area (Å²) in [4.78, 5) is 17.7. The first kappa shape index (κ1) is 19.0. The van der Waals surface area contributed by atoms with E-state index in [0.717, 1.165) is 24.5 Å². The molecule has 0 spiro atoms. The van der Waals surface area contributed by atoms with E-state index < -0.39 is 0 Å². The van der Waals surface area contributed by atoms with E-state index in [0.29, 0.717) is 12.2 Å². The molecule has 0 aliphatic heterocycles. The molecule has 6 nitrogen and oxygen atoms in total. The highest BCUT2D eigenvalue weighted by molar-refractivity contribution is 5.94. The first-order valence-electron chi connectivity index (χ1n) is 7.74. The summed E-state index contributed by atoms with van der Waals surface area (Å²) in [6.07, 6.45) is 0.813. The fourth-order valence-electron chi connectivity index (χ4n) is 2.16. The van der Waals surface area contributed by atoms with Gasteiger partial charge in [0.1, 0.15) is 0 Å². The smallest absolute Gasteiger partial charge is 0.253 e. The molecule has 1 rings (SSSR count). The zero-order valence-corrected chi connectivity index (χ0v) is 14.7. The summed E-state index contributed by atoms with van der Waals surface area (Å²) in [6, 6.07) is 7.91. The minimum atomic E-state index is 0.0191. The van der Waals surface area contributed by atoms with Gasteiger partial charge in [-0.2, -0.15) is 0 Å². The predicted octanol–water partition coefficient (Wildman–Crippen LogP) is 1.13. The SMILES string of the molecule is CN=C(NCCc1cccc(C(=O)N(C)C)c1)NC(C)COC. The van der Waals surface area contributed by atoms with E-state index >= 15 is 0 Å². The van der Waals surface area contributed by atoms with Crippen LogP contribution in [0.2, 0.25) is 0 Å². The first-order chi connectivity index (χ1) is 11.0. The highest BCUT2D eigenvalue weighted by Gasteiger charge is 2.08. The third-order valence-electron chi connectivity index (χ3n) is 3.31. The molecule has 6 heteroatoms. The van der Waals surface area contributed by atoms with Crippen LogP contribution in [-0.4, -0.2) is 64.2 Å². The highest BCUT2D eigenvalue weighted by atomic mass is 16.5. The maximum Gasteiger partial charge on any atom is 0.253 e. The van der Waals surface area contributed by atoms with E-state index in [1.165, 1.54) is 0 Å². The van der Waals surface area contributed by atoms with Gasteiger partial charge in [0, 0.05) is 46.4 Å². The summed E-state index contributed by atoms with van der Waals surface area (Å²) in [7, 11) is 6.93. The van der Waals surface area contributed by atoms with Gasteiger partial charge >= 0.3 is 0 Å². The summed E-state index contributed by atoms with van der Waals surface area (Å²) < 4.78 is 5.10. The van der Waals surface area contributed by atoms with Gasteiger partial charge in [0.25, 0.3) is 5.91 Å². The number of ether oxygens (including phenoxy) is 1. The summed E-state index contributed by atoms with van der Waals surface area (Å²) >= 11 is 0. The van der Waals surface area contributed by atoms with Gasteiger partial charge in [0.2, 0.25) is 0 Å². The molecule has 0 aliphatic rings. The van der Waals surface area contributed by atoms with Crippen LogP contribution in [0.25, 0.3) is 0 Å². The number of nitrogens with one attached hydrogen (secondary N) is 2. The number of benzene rings is 1. The normalized spacial score (nSPS) is 12.7. The van der Waals surface area contributed by atoms with Crippen LogP contribution in [0, 0.1) is 0 Å². The van der Waals surface area contributed by atoms with E-state index in [2.05, 4.69) is 15.6 Å². The second kappa shape index (κ2) is 9.84. The molecule has 1 aromatic rings. The number of methoxy groups -OCH3 is 1. The van der Waals surface area contributed by atoms with Crippen molar-refractivity contribution in [2.75, 3.05) is 41.4 Å². The van der Waals surface area contributed by atoms with Crippen molar-refractivity contribution in [1.82, 2.24) is 15.5 Å². The van der Waals surface area contributed by atoms with Crippen LogP contribution in [-0.2, 0) is 11.2 Å². The van der Waals surface area contributed by atoms with Crippen molar-refractivity contribution in [1.29, 1.82) is 0 Å². The lowest BCUT2D eigenvalue weighted by atomic mass is 10.1. The molecule has 128 valence electrons. The van der Waals surface area contributed by atoms with Crippen LogP contribution < -0.4 is 10.6 Å². The molecule has 0 radical (unpaired) electrons. The number of carbonyl (C=O) groups is 1. The molecule has 1 aromatic carbocycles. The van der Waals surface area contributed by atoms with Gasteiger partial charge in [-0.15, -0.1) is 0 Å². The largest absolute Gasteiger partial charge is 0.383 e. The third-order valence-corrected chi connectivity index (χ3v) is 3.31. The van der Waals surface area contributed by atoms with Gasteiger partial charge < -0.3 is 20.3 Å². The maximum atomic E-state index is 12.0. The Kier molecular flexibility index (Phi) is 8.11. The molecule has 2 N–H and O–H groups in total. The zero-order valence-electron chi connectivity index (χ0n) is 14.7. The van der Waals surface area contributed by atoms with Gasteiger partial charge in [-0.3, -0.25) is 9.79 Å². The standard InChI is InChI=1S/C17H28N4O2/c1-13(12-23-5)20-17(18-2)19-10-9-14-7-6-8-15(11-14)16(22)21(3)4/h6-8,11,13H,9-10,12H2,1-5H3,(H2,18,19,20). The molecular formula is C17H28N4O2. The number of hydrogen-bond donors (Lipinski definition) is 2. The maximum absolute atomic E-state index is 12.0. The summed E-state index contributed by atoms with van der Waals surface area (Å²) in [6.45, 7) is 3.39. The zero-order chi connectivity index (χ0) is 17.2. The molecule has 23 heavy (non-hydrogen) atoms. The molecule has 1 amide bonds. The summed E-state index contributed by atoms with van der Waals surface area (Å²) in [5.74, 6) is 0.765. The van der Waals surface area contributed by atoms with Gasteiger partial charge in [0.05, 0.1) is 6.61 Å². The van der Waals surface area contributed by atoms with E-state index in [-0.39, 0.29) is 11.9 Å².